The number of rotatable bonds is 3. The lowest BCUT2D eigenvalue weighted by molar-refractivity contribution is 0.211. The van der Waals surface area contributed by atoms with Gasteiger partial charge in [0.25, 0.3) is 0 Å². The average Bonchev–Trinajstić information content (AvgIpc) is 2.62. The van der Waals surface area contributed by atoms with Gasteiger partial charge in [-0.1, -0.05) is 12.5 Å². The molecule has 1 aliphatic carbocycles. The molecule has 0 aromatic rings. The van der Waals surface area contributed by atoms with E-state index in [-0.39, 0.29) is 0 Å². The topological polar surface area (TPSA) is 3.24 Å². The maximum atomic E-state index is 3.80. The second-order valence-electron chi connectivity index (χ2n) is 4.02. The molecular formula is C11H19NS. The zero-order valence-electron chi connectivity index (χ0n) is 8.24. The van der Waals surface area contributed by atoms with Crippen molar-refractivity contribution in [1.29, 1.82) is 0 Å². The van der Waals surface area contributed by atoms with Crippen LogP contribution in [0.5, 0.6) is 0 Å². The molecule has 74 valence electrons. The van der Waals surface area contributed by atoms with Gasteiger partial charge in [-0.05, 0) is 19.3 Å². The summed E-state index contributed by atoms with van der Waals surface area (Å²) in [5.74, 6) is 1.35. The number of thioether (sulfide) groups is 1. The van der Waals surface area contributed by atoms with Gasteiger partial charge in [-0.25, -0.2) is 0 Å². The standard InChI is InChI=1S/C11H19NS/c1-2-3-7-12-8-9-13-11-6-4-5-10(11)12/h2,10-11H,1,3-9H2. The predicted octanol–water partition coefficient (Wildman–Crippen LogP) is 2.53. The third-order valence-corrected chi connectivity index (χ3v) is 4.61. The number of hydrogen-bond donors (Lipinski definition) is 0. The van der Waals surface area contributed by atoms with E-state index in [0.717, 1.165) is 17.7 Å². The molecule has 2 rings (SSSR count). The Hall–Kier alpha value is 0.0500. The first-order chi connectivity index (χ1) is 6.42. The van der Waals surface area contributed by atoms with Crippen molar-refractivity contribution in [3.05, 3.63) is 12.7 Å². The van der Waals surface area contributed by atoms with Gasteiger partial charge in [0.15, 0.2) is 0 Å². The summed E-state index contributed by atoms with van der Waals surface area (Å²) in [5.41, 5.74) is 0. The van der Waals surface area contributed by atoms with Crippen LogP contribution in [0.25, 0.3) is 0 Å². The summed E-state index contributed by atoms with van der Waals surface area (Å²) in [6, 6.07) is 0.902. The van der Waals surface area contributed by atoms with E-state index >= 15 is 0 Å². The molecule has 2 fully saturated rings. The molecule has 2 atom stereocenters. The van der Waals surface area contributed by atoms with Gasteiger partial charge in [0.2, 0.25) is 0 Å². The summed E-state index contributed by atoms with van der Waals surface area (Å²) in [7, 11) is 0. The van der Waals surface area contributed by atoms with E-state index in [1.807, 2.05) is 6.08 Å². The van der Waals surface area contributed by atoms with Crippen LogP contribution in [0.15, 0.2) is 12.7 Å². The second kappa shape index (κ2) is 4.52. The maximum absolute atomic E-state index is 3.80. The molecule has 0 bridgehead atoms. The Morgan fingerprint density at radius 2 is 2.38 bits per heavy atom. The van der Waals surface area contributed by atoms with Crippen LogP contribution in [0.1, 0.15) is 25.7 Å². The van der Waals surface area contributed by atoms with E-state index in [9.17, 15) is 0 Å². The minimum absolute atomic E-state index is 0.902. The molecule has 0 N–H and O–H groups in total. The normalized spacial score (nSPS) is 34.5. The van der Waals surface area contributed by atoms with Crippen LogP contribution in [-0.4, -0.2) is 35.0 Å². The summed E-state index contributed by atoms with van der Waals surface area (Å²) < 4.78 is 0. The highest BCUT2D eigenvalue weighted by Crippen LogP contribution is 2.36. The lowest BCUT2D eigenvalue weighted by atomic mass is 10.2. The Morgan fingerprint density at radius 3 is 3.23 bits per heavy atom. The first-order valence-corrected chi connectivity index (χ1v) is 6.43. The molecule has 1 nitrogen and oxygen atoms in total. The smallest absolute Gasteiger partial charge is 0.0215 e. The van der Waals surface area contributed by atoms with E-state index in [1.54, 1.807) is 0 Å². The second-order valence-corrected chi connectivity index (χ2v) is 5.37. The van der Waals surface area contributed by atoms with Crippen molar-refractivity contribution in [2.45, 2.75) is 37.0 Å². The van der Waals surface area contributed by atoms with Crippen molar-refractivity contribution < 1.29 is 0 Å². The first-order valence-electron chi connectivity index (χ1n) is 5.38. The van der Waals surface area contributed by atoms with Crippen LogP contribution in [-0.2, 0) is 0 Å². The molecule has 0 spiro atoms. The van der Waals surface area contributed by atoms with Crippen molar-refractivity contribution in [2.75, 3.05) is 18.8 Å². The zero-order chi connectivity index (χ0) is 9.10. The molecule has 1 saturated heterocycles. The molecule has 2 aliphatic rings. The van der Waals surface area contributed by atoms with Gasteiger partial charge in [-0.2, -0.15) is 11.8 Å². The van der Waals surface area contributed by atoms with Crippen LogP contribution >= 0.6 is 11.8 Å². The third kappa shape index (κ3) is 2.10. The summed E-state index contributed by atoms with van der Waals surface area (Å²) in [4.78, 5) is 2.69. The molecule has 1 aliphatic heterocycles. The monoisotopic (exact) mass is 197 g/mol. The Labute approximate surface area is 85.6 Å². The van der Waals surface area contributed by atoms with Gasteiger partial charge in [-0.15, -0.1) is 6.58 Å². The fourth-order valence-electron chi connectivity index (χ4n) is 2.54. The lowest BCUT2D eigenvalue weighted by Gasteiger charge is -2.37. The van der Waals surface area contributed by atoms with Crippen molar-refractivity contribution in [3.8, 4) is 0 Å². The largest absolute Gasteiger partial charge is 0.298 e. The highest BCUT2D eigenvalue weighted by molar-refractivity contribution is 8.00. The van der Waals surface area contributed by atoms with Crippen LogP contribution in [0, 0.1) is 0 Å². The highest BCUT2D eigenvalue weighted by Gasteiger charge is 2.34. The quantitative estimate of drug-likeness (QED) is 0.640. The molecule has 2 heteroatoms. The lowest BCUT2D eigenvalue weighted by Crippen LogP contribution is -2.44. The predicted molar refractivity (Wildman–Crippen MR) is 60.3 cm³/mol. The van der Waals surface area contributed by atoms with E-state index in [4.69, 9.17) is 0 Å². The van der Waals surface area contributed by atoms with Crippen molar-refractivity contribution in [3.63, 3.8) is 0 Å². The summed E-state index contributed by atoms with van der Waals surface area (Å²) in [6.45, 7) is 6.35. The fourth-order valence-corrected chi connectivity index (χ4v) is 4.05. The van der Waals surface area contributed by atoms with Gasteiger partial charge in [0.1, 0.15) is 0 Å². The third-order valence-electron chi connectivity index (χ3n) is 3.22. The van der Waals surface area contributed by atoms with Crippen molar-refractivity contribution in [1.82, 2.24) is 4.90 Å². The Balaban J connectivity index is 1.89. The van der Waals surface area contributed by atoms with E-state index < -0.39 is 0 Å². The number of nitrogens with zero attached hydrogens (tertiary/aromatic N) is 1. The van der Waals surface area contributed by atoms with Crippen LogP contribution in [0.2, 0.25) is 0 Å². The highest BCUT2D eigenvalue weighted by atomic mass is 32.2. The number of fused-ring (bicyclic) bond motifs is 1. The summed E-state index contributed by atoms with van der Waals surface area (Å²) in [5, 5.41) is 0.957. The van der Waals surface area contributed by atoms with Gasteiger partial charge in [-0.3, -0.25) is 4.90 Å². The minimum atomic E-state index is 0.902. The molecule has 2 unspecified atom stereocenters. The van der Waals surface area contributed by atoms with E-state index in [2.05, 4.69) is 23.2 Å². The molecule has 0 amide bonds. The van der Waals surface area contributed by atoms with Crippen LogP contribution in [0.3, 0.4) is 0 Å². The van der Waals surface area contributed by atoms with E-state index in [0.29, 0.717) is 0 Å². The average molecular weight is 197 g/mol. The molecule has 1 heterocycles. The van der Waals surface area contributed by atoms with Crippen LogP contribution in [0.4, 0.5) is 0 Å². The Kier molecular flexibility index (Phi) is 3.33. The molecule has 1 saturated carbocycles. The molecular weight excluding hydrogens is 178 g/mol. The van der Waals surface area contributed by atoms with Crippen molar-refractivity contribution in [2.24, 2.45) is 0 Å². The van der Waals surface area contributed by atoms with Crippen molar-refractivity contribution >= 4 is 11.8 Å². The fraction of sp³-hybridized carbons (Fsp3) is 0.818. The molecule has 0 radical (unpaired) electrons. The van der Waals surface area contributed by atoms with Gasteiger partial charge in [0.05, 0.1) is 0 Å². The number of hydrogen-bond acceptors (Lipinski definition) is 2. The maximum Gasteiger partial charge on any atom is 0.0215 e. The van der Waals surface area contributed by atoms with Gasteiger partial charge in [0, 0.05) is 30.1 Å². The molecule has 0 aromatic carbocycles. The molecule has 0 aromatic heterocycles. The zero-order valence-corrected chi connectivity index (χ0v) is 9.06. The SMILES string of the molecule is C=CCCN1CCSC2CCCC21. The Bertz CT molecular complexity index is 181. The van der Waals surface area contributed by atoms with Crippen LogP contribution < -0.4 is 0 Å². The van der Waals surface area contributed by atoms with Gasteiger partial charge >= 0.3 is 0 Å². The van der Waals surface area contributed by atoms with E-state index in [1.165, 1.54) is 38.1 Å². The minimum Gasteiger partial charge on any atom is -0.298 e. The summed E-state index contributed by atoms with van der Waals surface area (Å²) in [6.07, 6.45) is 7.56. The van der Waals surface area contributed by atoms with Gasteiger partial charge < -0.3 is 0 Å². The summed E-state index contributed by atoms with van der Waals surface area (Å²) >= 11 is 2.20. The Morgan fingerprint density at radius 1 is 1.46 bits per heavy atom. The first kappa shape index (κ1) is 9.60. The molecule has 13 heavy (non-hydrogen) atoms.